The predicted octanol–water partition coefficient (Wildman–Crippen LogP) is -5.88. The zero-order valence-electron chi connectivity index (χ0n) is 6.27. The number of hydrogen-bond donors (Lipinski definition) is 0. The number of aliphatic carboxylic acids is 3. The second kappa shape index (κ2) is 3.85. The SMILES string of the molecule is O=C([O-])CC([O-])(CC(=O)[O-])C(=O)[O-]. The average molecular weight is 188 g/mol. The maximum absolute atomic E-state index is 10.9. The summed E-state index contributed by atoms with van der Waals surface area (Å²) in [6.45, 7) is 0. The first-order valence-corrected chi connectivity index (χ1v) is 3.09. The van der Waals surface area contributed by atoms with Crippen molar-refractivity contribution in [1.29, 1.82) is 0 Å². The number of rotatable bonds is 5. The van der Waals surface area contributed by atoms with Crippen molar-refractivity contribution < 1.29 is 34.8 Å². The summed E-state index contributed by atoms with van der Waals surface area (Å²) in [5.74, 6) is -6.22. The fourth-order valence-electron chi connectivity index (χ4n) is 0.673. The monoisotopic (exact) mass is 188 g/mol. The van der Waals surface area contributed by atoms with Gasteiger partial charge in [0.2, 0.25) is 0 Å². The third kappa shape index (κ3) is 3.52. The molecule has 0 aliphatic carbocycles. The van der Waals surface area contributed by atoms with Gasteiger partial charge in [-0.2, -0.15) is 0 Å². The molecule has 0 aliphatic heterocycles. The Morgan fingerprint density at radius 1 is 0.923 bits per heavy atom. The Bertz CT molecular complexity index is 227. The molecule has 0 spiro atoms. The first-order valence-electron chi connectivity index (χ1n) is 3.09. The highest BCUT2D eigenvalue weighted by molar-refractivity contribution is 5.85. The summed E-state index contributed by atoms with van der Waals surface area (Å²) >= 11 is 0. The van der Waals surface area contributed by atoms with E-state index in [1.807, 2.05) is 0 Å². The first kappa shape index (κ1) is 11.4. The minimum absolute atomic E-state index is 1.47. The summed E-state index contributed by atoms with van der Waals surface area (Å²) in [6.07, 6.45) is -2.94. The minimum Gasteiger partial charge on any atom is -0.845 e. The van der Waals surface area contributed by atoms with Crippen LogP contribution in [0.2, 0.25) is 0 Å². The first-order chi connectivity index (χ1) is 5.78. The average Bonchev–Trinajstić information content (AvgIpc) is 1.82. The lowest BCUT2D eigenvalue weighted by Gasteiger charge is -2.42. The molecule has 0 rings (SSSR count). The van der Waals surface area contributed by atoms with Crippen molar-refractivity contribution >= 4 is 17.9 Å². The molecule has 0 unspecified atom stereocenters. The topological polar surface area (TPSA) is 143 Å². The molecule has 7 heteroatoms. The molecule has 74 valence electrons. The van der Waals surface area contributed by atoms with Gasteiger partial charge in [0.15, 0.2) is 0 Å². The highest BCUT2D eigenvalue weighted by Crippen LogP contribution is 2.09. The number of hydrogen-bond acceptors (Lipinski definition) is 7. The van der Waals surface area contributed by atoms with E-state index < -0.39 is 36.4 Å². The third-order valence-electron chi connectivity index (χ3n) is 1.23. The summed E-state index contributed by atoms with van der Waals surface area (Å²) < 4.78 is 0. The number of carbonyl (C=O) groups excluding carboxylic acids is 3. The van der Waals surface area contributed by atoms with Crippen LogP contribution in [-0.4, -0.2) is 23.5 Å². The molecule has 0 heterocycles. The molecular formula is C6H4O7-4. The Hall–Kier alpha value is -1.63. The van der Waals surface area contributed by atoms with E-state index in [0.717, 1.165) is 0 Å². The molecule has 0 fully saturated rings. The molecule has 0 saturated heterocycles. The van der Waals surface area contributed by atoms with Crippen LogP contribution in [0.1, 0.15) is 12.8 Å². The van der Waals surface area contributed by atoms with E-state index in [0.29, 0.717) is 0 Å². The molecule has 0 atom stereocenters. The van der Waals surface area contributed by atoms with Crippen molar-refractivity contribution in [1.82, 2.24) is 0 Å². The molecule has 13 heavy (non-hydrogen) atoms. The fraction of sp³-hybridized carbons (Fsp3) is 0.500. The zero-order chi connectivity index (χ0) is 10.6. The van der Waals surface area contributed by atoms with Gasteiger partial charge < -0.3 is 34.8 Å². The molecule has 0 aromatic heterocycles. The van der Waals surface area contributed by atoms with Crippen molar-refractivity contribution in [2.24, 2.45) is 0 Å². The van der Waals surface area contributed by atoms with Crippen LogP contribution >= 0.6 is 0 Å². The Morgan fingerprint density at radius 2 is 1.23 bits per heavy atom. The summed E-state index contributed by atoms with van der Waals surface area (Å²) in [6, 6.07) is 0. The standard InChI is InChI=1S/C6H7O7/c7-3(8)1-6(13,5(11)12)2-4(9)10/h1-2H2,(H,7,8)(H,9,10)(H,11,12)/q-1/p-3. The number of carboxylic acids is 3. The lowest BCUT2D eigenvalue weighted by molar-refractivity contribution is -0.490. The maximum atomic E-state index is 10.9. The van der Waals surface area contributed by atoms with Crippen LogP contribution in [0.3, 0.4) is 0 Å². The highest BCUT2D eigenvalue weighted by Gasteiger charge is 2.18. The van der Waals surface area contributed by atoms with Gasteiger partial charge in [0.25, 0.3) is 0 Å². The van der Waals surface area contributed by atoms with Gasteiger partial charge in [-0.3, -0.25) is 0 Å². The summed E-state index contributed by atoms with van der Waals surface area (Å²) in [5, 5.41) is 40.8. The van der Waals surface area contributed by atoms with Crippen LogP contribution in [0.4, 0.5) is 0 Å². The van der Waals surface area contributed by atoms with Crippen molar-refractivity contribution in [2.45, 2.75) is 18.4 Å². The molecular weight excluding hydrogens is 184 g/mol. The van der Waals surface area contributed by atoms with E-state index in [1.54, 1.807) is 0 Å². The van der Waals surface area contributed by atoms with Crippen LogP contribution in [0.5, 0.6) is 0 Å². The van der Waals surface area contributed by atoms with Gasteiger partial charge in [-0.25, -0.2) is 0 Å². The quantitative estimate of drug-likeness (QED) is 0.417. The van der Waals surface area contributed by atoms with Crippen LogP contribution in [0.15, 0.2) is 0 Å². The Labute approximate surface area is 72.2 Å². The van der Waals surface area contributed by atoms with Crippen molar-refractivity contribution in [3.8, 4) is 0 Å². The van der Waals surface area contributed by atoms with Gasteiger partial charge in [-0.05, 0) is 12.8 Å². The lowest BCUT2D eigenvalue weighted by Crippen LogP contribution is -2.62. The molecule has 0 radical (unpaired) electrons. The van der Waals surface area contributed by atoms with Crippen molar-refractivity contribution in [3.63, 3.8) is 0 Å². The number of carbonyl (C=O) groups is 3. The second-order valence-electron chi connectivity index (χ2n) is 2.38. The maximum Gasteiger partial charge on any atom is 0.0410 e. The molecule has 7 nitrogen and oxygen atoms in total. The Kier molecular flexibility index (Phi) is 3.37. The minimum atomic E-state index is -3.22. The summed E-state index contributed by atoms with van der Waals surface area (Å²) in [4.78, 5) is 29.9. The molecule has 0 aliphatic rings. The van der Waals surface area contributed by atoms with Gasteiger partial charge in [0.1, 0.15) is 0 Å². The molecule has 0 aromatic rings. The Balaban J connectivity index is 4.62. The molecule has 0 amide bonds. The number of carboxylic acid groups (broad SMARTS) is 3. The van der Waals surface area contributed by atoms with Crippen LogP contribution in [0, 0.1) is 0 Å². The van der Waals surface area contributed by atoms with E-state index in [9.17, 15) is 34.8 Å². The molecule has 0 aromatic carbocycles. The summed E-state index contributed by atoms with van der Waals surface area (Å²) in [7, 11) is 0. The van der Waals surface area contributed by atoms with E-state index in [2.05, 4.69) is 0 Å². The van der Waals surface area contributed by atoms with E-state index in [4.69, 9.17) is 0 Å². The van der Waals surface area contributed by atoms with Gasteiger partial charge in [0.05, 0.1) is 0 Å². The van der Waals surface area contributed by atoms with Gasteiger partial charge in [0, 0.05) is 17.9 Å². The molecule has 0 saturated carbocycles. The predicted molar refractivity (Wildman–Crippen MR) is 27.0 cm³/mol. The Morgan fingerprint density at radius 3 is 1.38 bits per heavy atom. The van der Waals surface area contributed by atoms with Crippen molar-refractivity contribution in [3.05, 3.63) is 0 Å². The lowest BCUT2D eigenvalue weighted by atomic mass is 9.96. The van der Waals surface area contributed by atoms with E-state index in [-0.39, 0.29) is 0 Å². The van der Waals surface area contributed by atoms with Crippen LogP contribution in [-0.2, 0) is 14.4 Å². The molecule has 0 N–H and O–H groups in total. The highest BCUT2D eigenvalue weighted by atomic mass is 16.4. The third-order valence-corrected chi connectivity index (χ3v) is 1.23. The van der Waals surface area contributed by atoms with Gasteiger partial charge >= 0.3 is 0 Å². The van der Waals surface area contributed by atoms with Gasteiger partial charge in [-0.1, -0.05) is 5.60 Å². The fourth-order valence-corrected chi connectivity index (χ4v) is 0.673. The largest absolute Gasteiger partial charge is 0.845 e. The van der Waals surface area contributed by atoms with Gasteiger partial charge in [-0.15, -0.1) is 0 Å². The van der Waals surface area contributed by atoms with Crippen LogP contribution in [0.25, 0.3) is 0 Å². The second-order valence-corrected chi connectivity index (χ2v) is 2.38. The smallest absolute Gasteiger partial charge is 0.0410 e. The van der Waals surface area contributed by atoms with Crippen molar-refractivity contribution in [2.75, 3.05) is 0 Å². The van der Waals surface area contributed by atoms with Crippen LogP contribution < -0.4 is 20.4 Å². The zero-order valence-corrected chi connectivity index (χ0v) is 6.27. The normalized spacial score (nSPS) is 10.8. The summed E-state index contributed by atoms with van der Waals surface area (Å²) in [5.41, 5.74) is -3.22. The molecule has 0 bridgehead atoms. The van der Waals surface area contributed by atoms with E-state index >= 15 is 0 Å². The van der Waals surface area contributed by atoms with E-state index in [1.165, 1.54) is 0 Å².